The number of aliphatic hydroxyl groups is 1. The van der Waals surface area contributed by atoms with Crippen molar-refractivity contribution in [2.24, 2.45) is 0 Å². The summed E-state index contributed by atoms with van der Waals surface area (Å²) in [6, 6.07) is 4.98. The van der Waals surface area contributed by atoms with Crippen molar-refractivity contribution in [2.75, 3.05) is 0 Å². The largest absolute Gasteiger partial charge is 0.382 e. The third-order valence-electron chi connectivity index (χ3n) is 2.88. The molecule has 18 heavy (non-hydrogen) atoms. The molecule has 0 radical (unpaired) electrons. The van der Waals surface area contributed by atoms with Gasteiger partial charge in [-0.25, -0.2) is 9.07 Å². The molecule has 1 aromatic heterocycles. The minimum Gasteiger partial charge on any atom is -0.382 e. The highest BCUT2D eigenvalue weighted by atomic mass is 19.1. The second-order valence-corrected chi connectivity index (χ2v) is 4.26. The molecule has 2 aromatic rings. The van der Waals surface area contributed by atoms with Crippen LogP contribution in [0.4, 0.5) is 4.39 Å². The molecule has 0 bridgehead atoms. The molecular formula is C13H16FN3O. The Morgan fingerprint density at radius 2 is 2.22 bits per heavy atom. The zero-order chi connectivity index (χ0) is 13.1. The van der Waals surface area contributed by atoms with E-state index in [0.29, 0.717) is 17.8 Å². The van der Waals surface area contributed by atoms with Crippen LogP contribution in [0.1, 0.15) is 36.3 Å². The van der Waals surface area contributed by atoms with Gasteiger partial charge in [-0.2, -0.15) is 0 Å². The summed E-state index contributed by atoms with van der Waals surface area (Å²) in [5, 5.41) is 17.9. The van der Waals surface area contributed by atoms with Crippen LogP contribution in [0.25, 0.3) is 0 Å². The highest BCUT2D eigenvalue weighted by molar-refractivity contribution is 5.30. The normalized spacial score (nSPS) is 12.7. The van der Waals surface area contributed by atoms with Crippen LogP contribution < -0.4 is 0 Å². The zero-order valence-electron chi connectivity index (χ0n) is 10.5. The first-order valence-corrected chi connectivity index (χ1v) is 5.96. The highest BCUT2D eigenvalue weighted by Gasteiger charge is 2.20. The molecule has 0 aliphatic carbocycles. The number of aromatic nitrogens is 3. The molecule has 0 spiro atoms. The smallest absolute Gasteiger partial charge is 0.132 e. The minimum atomic E-state index is -1.04. The maximum atomic E-state index is 14.0. The van der Waals surface area contributed by atoms with Crippen molar-refractivity contribution in [1.82, 2.24) is 15.0 Å². The topological polar surface area (TPSA) is 50.9 Å². The Morgan fingerprint density at radius 3 is 2.94 bits per heavy atom. The molecule has 96 valence electrons. The van der Waals surface area contributed by atoms with Crippen molar-refractivity contribution in [3.05, 3.63) is 47.0 Å². The van der Waals surface area contributed by atoms with Crippen LogP contribution in [0, 0.1) is 12.7 Å². The van der Waals surface area contributed by atoms with Gasteiger partial charge in [-0.3, -0.25) is 0 Å². The van der Waals surface area contributed by atoms with Crippen LogP contribution >= 0.6 is 0 Å². The second-order valence-electron chi connectivity index (χ2n) is 4.26. The lowest BCUT2D eigenvalue weighted by molar-refractivity contribution is 0.202. The van der Waals surface area contributed by atoms with Gasteiger partial charge >= 0.3 is 0 Å². The van der Waals surface area contributed by atoms with E-state index < -0.39 is 6.10 Å². The third-order valence-corrected chi connectivity index (χ3v) is 2.88. The molecule has 0 aliphatic rings. The van der Waals surface area contributed by atoms with Crippen molar-refractivity contribution in [1.29, 1.82) is 0 Å². The summed E-state index contributed by atoms with van der Waals surface area (Å²) in [7, 11) is 0. The van der Waals surface area contributed by atoms with Gasteiger partial charge in [0.15, 0.2) is 0 Å². The molecule has 0 amide bonds. The van der Waals surface area contributed by atoms with E-state index in [9.17, 15) is 9.50 Å². The molecule has 0 saturated heterocycles. The average Bonchev–Trinajstić information content (AvgIpc) is 2.80. The Balaban J connectivity index is 2.38. The summed E-state index contributed by atoms with van der Waals surface area (Å²) in [6.07, 6.45) is 1.31. The number of hydrogen-bond acceptors (Lipinski definition) is 3. The number of nitrogens with zero attached hydrogens (tertiary/aromatic N) is 3. The lowest BCUT2D eigenvalue weighted by Crippen LogP contribution is -2.11. The number of aryl methyl sites for hydroxylation is 2. The molecule has 1 unspecified atom stereocenters. The fourth-order valence-electron chi connectivity index (χ4n) is 1.90. The average molecular weight is 249 g/mol. The van der Waals surface area contributed by atoms with E-state index >= 15 is 0 Å². The Bertz CT molecular complexity index is 539. The predicted octanol–water partition coefficient (Wildman–Crippen LogP) is 2.22. The summed E-state index contributed by atoms with van der Waals surface area (Å²) < 4.78 is 15.6. The zero-order valence-corrected chi connectivity index (χ0v) is 10.5. The Morgan fingerprint density at radius 1 is 1.44 bits per heavy atom. The van der Waals surface area contributed by atoms with Crippen molar-refractivity contribution in [3.63, 3.8) is 0 Å². The maximum absolute atomic E-state index is 14.0. The first-order valence-electron chi connectivity index (χ1n) is 5.96. The van der Waals surface area contributed by atoms with Crippen LogP contribution in [-0.4, -0.2) is 20.1 Å². The first kappa shape index (κ1) is 12.7. The minimum absolute atomic E-state index is 0.259. The van der Waals surface area contributed by atoms with Crippen molar-refractivity contribution in [2.45, 2.75) is 32.9 Å². The Kier molecular flexibility index (Phi) is 3.72. The van der Waals surface area contributed by atoms with E-state index in [4.69, 9.17) is 0 Å². The number of halogens is 1. The van der Waals surface area contributed by atoms with Crippen molar-refractivity contribution in [3.8, 4) is 0 Å². The molecule has 1 aromatic carbocycles. The van der Waals surface area contributed by atoms with Crippen molar-refractivity contribution < 1.29 is 9.50 Å². The summed E-state index contributed by atoms with van der Waals surface area (Å²) in [5.74, 6) is -0.380. The molecule has 4 nitrogen and oxygen atoms in total. The SMILES string of the molecule is CCCn1nncc1C(O)c1cccc(C)c1F. The lowest BCUT2D eigenvalue weighted by Gasteiger charge is -2.14. The molecule has 0 aliphatic heterocycles. The number of aliphatic hydroxyl groups excluding tert-OH is 1. The van der Waals surface area contributed by atoms with Crippen LogP contribution in [0.5, 0.6) is 0 Å². The molecule has 1 atom stereocenters. The molecular weight excluding hydrogens is 233 g/mol. The highest BCUT2D eigenvalue weighted by Crippen LogP contribution is 2.25. The van der Waals surface area contributed by atoms with E-state index in [1.165, 1.54) is 6.20 Å². The lowest BCUT2D eigenvalue weighted by atomic mass is 10.0. The number of rotatable bonds is 4. The second kappa shape index (κ2) is 5.27. The predicted molar refractivity (Wildman–Crippen MR) is 65.5 cm³/mol. The van der Waals surface area contributed by atoms with Crippen LogP contribution in [0.3, 0.4) is 0 Å². The van der Waals surface area contributed by atoms with Gasteiger partial charge in [-0.05, 0) is 18.9 Å². The van der Waals surface area contributed by atoms with Gasteiger partial charge in [0.05, 0.1) is 11.9 Å². The molecule has 1 N–H and O–H groups in total. The van der Waals surface area contributed by atoms with Gasteiger partial charge in [0.25, 0.3) is 0 Å². The number of hydrogen-bond donors (Lipinski definition) is 1. The van der Waals surface area contributed by atoms with Gasteiger partial charge in [-0.15, -0.1) is 5.10 Å². The van der Waals surface area contributed by atoms with Crippen LogP contribution in [0.15, 0.2) is 24.4 Å². The Labute approximate surface area is 105 Å². The molecule has 2 rings (SSSR count). The molecule has 5 heteroatoms. The molecule has 1 heterocycles. The summed E-state index contributed by atoms with van der Waals surface area (Å²) in [5.41, 5.74) is 1.29. The Hall–Kier alpha value is -1.75. The van der Waals surface area contributed by atoms with Crippen LogP contribution in [0.2, 0.25) is 0 Å². The van der Waals surface area contributed by atoms with E-state index in [-0.39, 0.29) is 11.4 Å². The quantitative estimate of drug-likeness (QED) is 0.903. The third kappa shape index (κ3) is 2.26. The van der Waals surface area contributed by atoms with E-state index in [1.54, 1.807) is 29.8 Å². The fourth-order valence-corrected chi connectivity index (χ4v) is 1.90. The summed E-state index contributed by atoms with van der Waals surface area (Å²) >= 11 is 0. The summed E-state index contributed by atoms with van der Waals surface area (Å²) in [6.45, 7) is 4.33. The molecule has 0 fully saturated rings. The first-order chi connectivity index (χ1) is 8.65. The van der Waals surface area contributed by atoms with Crippen LogP contribution in [-0.2, 0) is 6.54 Å². The van der Waals surface area contributed by atoms with Gasteiger partial charge < -0.3 is 5.11 Å². The van der Waals surface area contributed by atoms with E-state index in [1.807, 2.05) is 6.92 Å². The summed E-state index contributed by atoms with van der Waals surface area (Å²) in [4.78, 5) is 0. The van der Waals surface area contributed by atoms with Crippen molar-refractivity contribution >= 4 is 0 Å². The van der Waals surface area contributed by atoms with E-state index in [2.05, 4.69) is 10.3 Å². The monoisotopic (exact) mass is 249 g/mol. The van der Waals surface area contributed by atoms with Gasteiger partial charge in [0.2, 0.25) is 0 Å². The maximum Gasteiger partial charge on any atom is 0.132 e. The van der Waals surface area contributed by atoms with Gasteiger partial charge in [0.1, 0.15) is 11.9 Å². The standard InChI is InChI=1S/C13H16FN3O/c1-3-7-17-11(8-15-16-17)13(18)10-6-4-5-9(2)12(10)14/h4-6,8,13,18H,3,7H2,1-2H3. The fraction of sp³-hybridized carbons (Fsp3) is 0.385. The number of benzene rings is 1. The van der Waals surface area contributed by atoms with Gasteiger partial charge in [-0.1, -0.05) is 30.3 Å². The van der Waals surface area contributed by atoms with E-state index in [0.717, 1.165) is 6.42 Å². The van der Waals surface area contributed by atoms with Gasteiger partial charge in [0, 0.05) is 12.1 Å². The molecule has 0 saturated carbocycles.